The van der Waals surface area contributed by atoms with Crippen LogP contribution < -0.4 is 19.5 Å². The van der Waals surface area contributed by atoms with Crippen LogP contribution in [0.4, 0.5) is 0 Å². The molecule has 0 bridgehead atoms. The Balaban J connectivity index is 1.73. The number of likely N-dealkylation sites (N-methyl/N-ethyl adjacent to an activating group) is 1. The number of nitrogens with one attached hydrogen (secondary N) is 1. The van der Waals surface area contributed by atoms with Crippen molar-refractivity contribution in [2.24, 2.45) is 0 Å². The molecule has 1 heterocycles. The lowest BCUT2D eigenvalue weighted by atomic mass is 9.88. The van der Waals surface area contributed by atoms with Crippen LogP contribution in [0.2, 0.25) is 0 Å². The van der Waals surface area contributed by atoms with E-state index < -0.39 is 6.10 Å². The standard InChI is InChI=1S/C27H29NO5/c1-3-24(20-8-13-25-26(14-20)33-17-32-25)27(18-4-9-21(29)10-5-18)19-6-11-23(12-7-19)31-16-22(30)15-28-2/h4-14,22,28-30H,3,15-17H2,1-2H3/b27-24+. The van der Waals surface area contributed by atoms with Gasteiger partial charge in [0.1, 0.15) is 24.2 Å². The van der Waals surface area contributed by atoms with Crippen LogP contribution in [0.5, 0.6) is 23.0 Å². The molecule has 33 heavy (non-hydrogen) atoms. The lowest BCUT2D eigenvalue weighted by molar-refractivity contribution is 0.108. The number of hydrogen-bond donors (Lipinski definition) is 3. The van der Waals surface area contributed by atoms with E-state index in [0.29, 0.717) is 12.3 Å². The van der Waals surface area contributed by atoms with E-state index in [0.717, 1.165) is 45.8 Å². The Kier molecular flexibility index (Phi) is 7.17. The fourth-order valence-corrected chi connectivity index (χ4v) is 3.96. The van der Waals surface area contributed by atoms with Crippen LogP contribution in [-0.4, -0.2) is 43.3 Å². The molecule has 3 aromatic rings. The van der Waals surface area contributed by atoms with Gasteiger partial charge in [0.2, 0.25) is 6.79 Å². The number of ether oxygens (including phenoxy) is 3. The maximum atomic E-state index is 9.89. The summed E-state index contributed by atoms with van der Waals surface area (Å²) in [6.07, 6.45) is 0.226. The molecule has 6 nitrogen and oxygen atoms in total. The molecular weight excluding hydrogens is 418 g/mol. The van der Waals surface area contributed by atoms with E-state index >= 15 is 0 Å². The Labute approximate surface area is 194 Å². The van der Waals surface area contributed by atoms with Crippen LogP contribution >= 0.6 is 0 Å². The average molecular weight is 448 g/mol. The van der Waals surface area contributed by atoms with Gasteiger partial charge < -0.3 is 29.7 Å². The van der Waals surface area contributed by atoms with Crippen molar-refractivity contribution in [2.45, 2.75) is 19.4 Å². The van der Waals surface area contributed by atoms with Crippen LogP contribution in [0.25, 0.3) is 11.1 Å². The van der Waals surface area contributed by atoms with Gasteiger partial charge in [0.25, 0.3) is 0 Å². The van der Waals surface area contributed by atoms with Gasteiger partial charge >= 0.3 is 0 Å². The van der Waals surface area contributed by atoms with Gasteiger partial charge in [0.05, 0.1) is 0 Å². The molecule has 1 unspecified atom stereocenters. The highest BCUT2D eigenvalue weighted by molar-refractivity contribution is 5.99. The Morgan fingerprint density at radius 2 is 1.58 bits per heavy atom. The highest BCUT2D eigenvalue weighted by atomic mass is 16.7. The van der Waals surface area contributed by atoms with Gasteiger partial charge in [-0.3, -0.25) is 0 Å². The molecular formula is C27H29NO5. The van der Waals surface area contributed by atoms with Crippen LogP contribution in [0.15, 0.2) is 66.7 Å². The van der Waals surface area contributed by atoms with Crippen LogP contribution in [-0.2, 0) is 0 Å². The highest BCUT2D eigenvalue weighted by Gasteiger charge is 2.18. The number of benzene rings is 3. The van der Waals surface area contributed by atoms with Crippen molar-refractivity contribution < 1.29 is 24.4 Å². The summed E-state index contributed by atoms with van der Waals surface area (Å²) in [6, 6.07) is 21.1. The highest BCUT2D eigenvalue weighted by Crippen LogP contribution is 2.40. The van der Waals surface area contributed by atoms with Gasteiger partial charge in [-0.25, -0.2) is 0 Å². The molecule has 0 aromatic heterocycles. The zero-order valence-electron chi connectivity index (χ0n) is 18.9. The molecule has 0 aliphatic carbocycles. The minimum absolute atomic E-state index is 0.220. The van der Waals surface area contributed by atoms with E-state index in [4.69, 9.17) is 14.2 Å². The molecule has 6 heteroatoms. The first-order valence-corrected chi connectivity index (χ1v) is 11.1. The van der Waals surface area contributed by atoms with E-state index in [1.165, 1.54) is 0 Å². The molecule has 0 amide bonds. The second-order valence-electron chi connectivity index (χ2n) is 7.87. The van der Waals surface area contributed by atoms with Gasteiger partial charge in [0.15, 0.2) is 11.5 Å². The minimum Gasteiger partial charge on any atom is -0.508 e. The lowest BCUT2D eigenvalue weighted by Gasteiger charge is -2.17. The molecule has 3 aromatic carbocycles. The molecule has 1 aliphatic rings. The van der Waals surface area contributed by atoms with Crippen molar-refractivity contribution in [1.29, 1.82) is 0 Å². The first-order valence-electron chi connectivity index (χ1n) is 11.1. The first kappa shape index (κ1) is 22.7. The molecule has 3 N–H and O–H groups in total. The normalized spacial score (nSPS) is 14.0. The fraction of sp³-hybridized carbons (Fsp3) is 0.259. The lowest BCUT2D eigenvalue weighted by Crippen LogP contribution is -2.29. The molecule has 0 spiro atoms. The number of phenols is 1. The summed E-state index contributed by atoms with van der Waals surface area (Å²) in [5.74, 6) is 2.41. The Hall–Kier alpha value is -3.48. The van der Waals surface area contributed by atoms with Crippen LogP contribution in [0, 0.1) is 0 Å². The summed E-state index contributed by atoms with van der Waals surface area (Å²) in [7, 11) is 1.79. The summed E-state index contributed by atoms with van der Waals surface area (Å²) in [6.45, 7) is 3.06. The maximum Gasteiger partial charge on any atom is 0.231 e. The van der Waals surface area contributed by atoms with E-state index in [-0.39, 0.29) is 19.1 Å². The van der Waals surface area contributed by atoms with Crippen molar-refractivity contribution in [1.82, 2.24) is 5.32 Å². The third-order valence-electron chi connectivity index (χ3n) is 5.56. The van der Waals surface area contributed by atoms with E-state index in [2.05, 4.69) is 12.2 Å². The average Bonchev–Trinajstić information content (AvgIpc) is 3.31. The second kappa shape index (κ2) is 10.4. The molecule has 4 rings (SSSR count). The van der Waals surface area contributed by atoms with Crippen molar-refractivity contribution in [3.8, 4) is 23.0 Å². The van der Waals surface area contributed by atoms with E-state index in [9.17, 15) is 10.2 Å². The van der Waals surface area contributed by atoms with Gasteiger partial charge in [-0.05, 0) is 77.7 Å². The number of hydrogen-bond acceptors (Lipinski definition) is 6. The number of aliphatic hydroxyl groups excluding tert-OH is 1. The summed E-state index contributed by atoms with van der Waals surface area (Å²) in [5.41, 5.74) is 5.30. The zero-order chi connectivity index (χ0) is 23.2. The summed E-state index contributed by atoms with van der Waals surface area (Å²) in [4.78, 5) is 0. The molecule has 0 saturated carbocycles. The minimum atomic E-state index is -0.570. The third-order valence-corrected chi connectivity index (χ3v) is 5.56. The largest absolute Gasteiger partial charge is 0.508 e. The molecule has 172 valence electrons. The smallest absolute Gasteiger partial charge is 0.231 e. The van der Waals surface area contributed by atoms with Gasteiger partial charge in [0, 0.05) is 6.54 Å². The number of allylic oxidation sites excluding steroid dienone is 1. The maximum absolute atomic E-state index is 9.89. The summed E-state index contributed by atoms with van der Waals surface area (Å²) >= 11 is 0. The molecule has 0 radical (unpaired) electrons. The molecule has 0 saturated heterocycles. The number of aromatic hydroxyl groups is 1. The van der Waals surface area contributed by atoms with E-state index in [1.54, 1.807) is 19.2 Å². The predicted octanol–water partition coefficient (Wildman–Crippen LogP) is 4.45. The second-order valence-corrected chi connectivity index (χ2v) is 7.87. The Bertz CT molecular complexity index is 1110. The number of aliphatic hydroxyl groups is 1. The van der Waals surface area contributed by atoms with Gasteiger partial charge in [-0.1, -0.05) is 37.3 Å². The van der Waals surface area contributed by atoms with Crippen LogP contribution in [0.3, 0.4) is 0 Å². The Morgan fingerprint density at radius 1 is 0.939 bits per heavy atom. The predicted molar refractivity (Wildman–Crippen MR) is 129 cm³/mol. The van der Waals surface area contributed by atoms with Crippen molar-refractivity contribution >= 4 is 11.1 Å². The Morgan fingerprint density at radius 3 is 2.24 bits per heavy atom. The first-order chi connectivity index (χ1) is 16.1. The monoisotopic (exact) mass is 447 g/mol. The van der Waals surface area contributed by atoms with Crippen molar-refractivity contribution in [2.75, 3.05) is 27.0 Å². The van der Waals surface area contributed by atoms with E-state index in [1.807, 2.05) is 54.6 Å². The number of fused-ring (bicyclic) bond motifs is 1. The quantitative estimate of drug-likeness (QED) is 0.421. The number of rotatable bonds is 9. The molecule has 0 fully saturated rings. The fourth-order valence-electron chi connectivity index (χ4n) is 3.96. The topological polar surface area (TPSA) is 80.2 Å². The molecule has 1 atom stereocenters. The van der Waals surface area contributed by atoms with Crippen molar-refractivity contribution in [3.05, 3.63) is 83.4 Å². The summed E-state index contributed by atoms with van der Waals surface area (Å²) in [5, 5.41) is 22.6. The zero-order valence-corrected chi connectivity index (χ0v) is 18.9. The third kappa shape index (κ3) is 5.30. The SMILES string of the molecule is CC/C(=C(/c1ccc(O)cc1)c1ccc(OCC(O)CNC)cc1)c1ccc2c(c1)OCO2. The molecule has 1 aliphatic heterocycles. The number of phenolic OH excluding ortho intramolecular Hbond substituents is 1. The summed E-state index contributed by atoms with van der Waals surface area (Å²) < 4.78 is 16.8. The van der Waals surface area contributed by atoms with Gasteiger partial charge in [-0.2, -0.15) is 0 Å². The van der Waals surface area contributed by atoms with Crippen molar-refractivity contribution in [3.63, 3.8) is 0 Å². The van der Waals surface area contributed by atoms with Crippen LogP contribution in [0.1, 0.15) is 30.0 Å². The van der Waals surface area contributed by atoms with Gasteiger partial charge in [-0.15, -0.1) is 0 Å².